The Hall–Kier alpha value is -1.52. The standard InChI is InChI=1S/C18H20BrNO2/c1-20-10-9-16(12-20)22-18-11-15(19)7-8-17(18)21-13-14-5-3-2-4-6-14/h2-8,11,16H,9-10,12-13H2,1H3. The van der Waals surface area contributed by atoms with Gasteiger partial charge in [-0.3, -0.25) is 0 Å². The Morgan fingerprint density at radius 2 is 1.95 bits per heavy atom. The summed E-state index contributed by atoms with van der Waals surface area (Å²) in [6.07, 6.45) is 1.29. The maximum Gasteiger partial charge on any atom is 0.162 e. The van der Waals surface area contributed by atoms with Crippen LogP contribution in [0.25, 0.3) is 0 Å². The zero-order chi connectivity index (χ0) is 15.4. The molecule has 1 aliphatic heterocycles. The number of benzene rings is 2. The number of rotatable bonds is 5. The van der Waals surface area contributed by atoms with E-state index in [-0.39, 0.29) is 6.10 Å². The van der Waals surface area contributed by atoms with Gasteiger partial charge in [0.1, 0.15) is 12.7 Å². The largest absolute Gasteiger partial charge is 0.485 e. The molecule has 0 radical (unpaired) electrons. The van der Waals surface area contributed by atoms with E-state index in [0.29, 0.717) is 6.61 Å². The Bertz CT molecular complexity index is 618. The third kappa shape index (κ3) is 4.02. The highest BCUT2D eigenvalue weighted by atomic mass is 79.9. The van der Waals surface area contributed by atoms with Gasteiger partial charge >= 0.3 is 0 Å². The molecule has 1 fully saturated rings. The van der Waals surface area contributed by atoms with Crippen LogP contribution in [0.5, 0.6) is 11.5 Å². The highest BCUT2D eigenvalue weighted by Crippen LogP contribution is 2.33. The van der Waals surface area contributed by atoms with Crippen molar-refractivity contribution in [2.75, 3.05) is 20.1 Å². The van der Waals surface area contributed by atoms with E-state index in [1.165, 1.54) is 0 Å². The molecule has 3 nitrogen and oxygen atoms in total. The van der Waals surface area contributed by atoms with Crippen molar-refractivity contribution in [1.29, 1.82) is 0 Å². The first kappa shape index (κ1) is 15.4. The Morgan fingerprint density at radius 1 is 1.14 bits per heavy atom. The molecule has 0 aliphatic carbocycles. The van der Waals surface area contributed by atoms with Crippen LogP contribution in [-0.4, -0.2) is 31.1 Å². The summed E-state index contributed by atoms with van der Waals surface area (Å²) in [6.45, 7) is 2.59. The molecule has 0 amide bonds. The van der Waals surface area contributed by atoms with Crippen LogP contribution in [-0.2, 0) is 6.61 Å². The predicted molar refractivity (Wildman–Crippen MR) is 91.4 cm³/mol. The normalized spacial score (nSPS) is 18.4. The summed E-state index contributed by atoms with van der Waals surface area (Å²) in [5, 5.41) is 0. The molecular weight excluding hydrogens is 342 g/mol. The van der Waals surface area contributed by atoms with Crippen LogP contribution in [0.1, 0.15) is 12.0 Å². The summed E-state index contributed by atoms with van der Waals surface area (Å²) in [6, 6.07) is 16.1. The predicted octanol–water partition coefficient (Wildman–Crippen LogP) is 4.11. The van der Waals surface area contributed by atoms with Crippen LogP contribution >= 0.6 is 15.9 Å². The van der Waals surface area contributed by atoms with Crippen LogP contribution in [0.4, 0.5) is 0 Å². The quantitative estimate of drug-likeness (QED) is 0.799. The van der Waals surface area contributed by atoms with Crippen LogP contribution in [0.2, 0.25) is 0 Å². The van der Waals surface area contributed by atoms with Crippen molar-refractivity contribution < 1.29 is 9.47 Å². The SMILES string of the molecule is CN1CCC(Oc2cc(Br)ccc2OCc2ccccc2)C1. The molecule has 0 bridgehead atoms. The summed E-state index contributed by atoms with van der Waals surface area (Å²) >= 11 is 3.51. The summed E-state index contributed by atoms with van der Waals surface area (Å²) in [5.41, 5.74) is 1.15. The van der Waals surface area contributed by atoms with Crippen LogP contribution < -0.4 is 9.47 Å². The lowest BCUT2D eigenvalue weighted by molar-refractivity contribution is 0.192. The van der Waals surface area contributed by atoms with E-state index in [9.17, 15) is 0 Å². The van der Waals surface area contributed by atoms with Gasteiger partial charge < -0.3 is 14.4 Å². The molecule has 0 aromatic heterocycles. The topological polar surface area (TPSA) is 21.7 Å². The van der Waals surface area contributed by atoms with Crippen LogP contribution in [0.3, 0.4) is 0 Å². The summed E-state index contributed by atoms with van der Waals surface area (Å²) in [5.74, 6) is 1.60. The van der Waals surface area contributed by atoms with Crippen molar-refractivity contribution in [3.05, 3.63) is 58.6 Å². The van der Waals surface area contributed by atoms with Crippen molar-refractivity contribution in [1.82, 2.24) is 4.90 Å². The zero-order valence-corrected chi connectivity index (χ0v) is 14.3. The Labute approximate surface area is 140 Å². The van der Waals surface area contributed by atoms with Gasteiger partial charge in [0, 0.05) is 17.6 Å². The highest BCUT2D eigenvalue weighted by Gasteiger charge is 2.22. The summed E-state index contributed by atoms with van der Waals surface area (Å²) in [4.78, 5) is 2.28. The van der Waals surface area contributed by atoms with E-state index in [2.05, 4.69) is 40.0 Å². The minimum absolute atomic E-state index is 0.235. The molecule has 1 aliphatic rings. The lowest BCUT2D eigenvalue weighted by atomic mass is 10.2. The van der Waals surface area contributed by atoms with E-state index in [0.717, 1.165) is 41.0 Å². The maximum absolute atomic E-state index is 6.15. The maximum atomic E-state index is 6.15. The zero-order valence-electron chi connectivity index (χ0n) is 12.7. The molecule has 0 N–H and O–H groups in total. The number of nitrogens with zero attached hydrogens (tertiary/aromatic N) is 1. The molecular formula is C18H20BrNO2. The number of hydrogen-bond donors (Lipinski definition) is 0. The van der Waals surface area contributed by atoms with Gasteiger partial charge in [-0.05, 0) is 37.2 Å². The van der Waals surface area contributed by atoms with Gasteiger partial charge in [0.2, 0.25) is 0 Å². The third-order valence-electron chi connectivity index (χ3n) is 3.78. The first-order chi connectivity index (χ1) is 10.7. The van der Waals surface area contributed by atoms with Gasteiger partial charge in [-0.25, -0.2) is 0 Å². The van der Waals surface area contributed by atoms with Crippen molar-refractivity contribution >= 4 is 15.9 Å². The minimum Gasteiger partial charge on any atom is -0.485 e. The fraction of sp³-hybridized carbons (Fsp3) is 0.333. The second-order valence-corrected chi connectivity index (χ2v) is 6.57. The molecule has 2 aromatic carbocycles. The molecule has 116 valence electrons. The third-order valence-corrected chi connectivity index (χ3v) is 4.28. The lowest BCUT2D eigenvalue weighted by Crippen LogP contribution is -2.21. The minimum atomic E-state index is 0.235. The summed E-state index contributed by atoms with van der Waals surface area (Å²) < 4.78 is 13.1. The van der Waals surface area contributed by atoms with E-state index in [1.54, 1.807) is 0 Å². The van der Waals surface area contributed by atoms with Gasteiger partial charge in [-0.2, -0.15) is 0 Å². The van der Waals surface area contributed by atoms with Gasteiger partial charge in [-0.15, -0.1) is 0 Å². The second-order valence-electron chi connectivity index (χ2n) is 5.66. The Morgan fingerprint density at radius 3 is 2.68 bits per heavy atom. The first-order valence-corrected chi connectivity index (χ1v) is 8.31. The van der Waals surface area contributed by atoms with Crippen molar-refractivity contribution in [2.24, 2.45) is 0 Å². The fourth-order valence-corrected chi connectivity index (χ4v) is 2.94. The van der Waals surface area contributed by atoms with E-state index < -0.39 is 0 Å². The molecule has 0 spiro atoms. The molecule has 1 atom stereocenters. The molecule has 1 unspecified atom stereocenters. The highest BCUT2D eigenvalue weighted by molar-refractivity contribution is 9.10. The molecule has 2 aromatic rings. The van der Waals surface area contributed by atoms with Gasteiger partial charge in [0.25, 0.3) is 0 Å². The Balaban J connectivity index is 1.70. The van der Waals surface area contributed by atoms with Crippen molar-refractivity contribution in [3.63, 3.8) is 0 Å². The lowest BCUT2D eigenvalue weighted by Gasteiger charge is -2.17. The monoisotopic (exact) mass is 361 g/mol. The molecule has 1 saturated heterocycles. The number of ether oxygens (including phenoxy) is 2. The first-order valence-electron chi connectivity index (χ1n) is 7.52. The van der Waals surface area contributed by atoms with E-state index in [4.69, 9.17) is 9.47 Å². The van der Waals surface area contributed by atoms with E-state index >= 15 is 0 Å². The molecule has 1 heterocycles. The van der Waals surface area contributed by atoms with E-state index in [1.807, 2.05) is 36.4 Å². The second kappa shape index (κ2) is 7.16. The van der Waals surface area contributed by atoms with Crippen LogP contribution in [0.15, 0.2) is 53.0 Å². The number of halogens is 1. The number of hydrogen-bond acceptors (Lipinski definition) is 3. The van der Waals surface area contributed by atoms with Crippen molar-refractivity contribution in [2.45, 2.75) is 19.1 Å². The average molecular weight is 362 g/mol. The summed E-state index contributed by atoms with van der Waals surface area (Å²) in [7, 11) is 2.12. The van der Waals surface area contributed by atoms with Crippen molar-refractivity contribution in [3.8, 4) is 11.5 Å². The van der Waals surface area contributed by atoms with Gasteiger partial charge in [0.05, 0.1) is 0 Å². The smallest absolute Gasteiger partial charge is 0.162 e. The molecule has 0 saturated carbocycles. The molecule has 3 rings (SSSR count). The molecule has 22 heavy (non-hydrogen) atoms. The molecule has 4 heteroatoms. The number of likely N-dealkylation sites (tertiary alicyclic amines) is 1. The fourth-order valence-electron chi connectivity index (χ4n) is 2.60. The number of likely N-dealkylation sites (N-methyl/N-ethyl adjacent to an activating group) is 1. The van der Waals surface area contributed by atoms with Crippen LogP contribution in [0, 0.1) is 0 Å². The average Bonchev–Trinajstić information content (AvgIpc) is 2.93. The van der Waals surface area contributed by atoms with Gasteiger partial charge in [0.15, 0.2) is 11.5 Å². The van der Waals surface area contributed by atoms with Gasteiger partial charge in [-0.1, -0.05) is 46.3 Å². The Kier molecular flexibility index (Phi) is 5.01.